The van der Waals surface area contributed by atoms with Gasteiger partial charge in [0.15, 0.2) is 0 Å². The summed E-state index contributed by atoms with van der Waals surface area (Å²) in [5.41, 5.74) is 0.651. The van der Waals surface area contributed by atoms with Crippen molar-refractivity contribution in [3.63, 3.8) is 0 Å². The molecule has 0 unspecified atom stereocenters. The molecule has 78 valence electrons. The molecule has 6 heteroatoms. The Balaban J connectivity index is 3.60. The number of nitriles is 1. The van der Waals surface area contributed by atoms with Gasteiger partial charge in [0.05, 0.1) is 22.8 Å². The molecular formula is C9H6BrClN2O2. The normalized spacial score (nSPS) is 9.53. The molecule has 0 fully saturated rings. The Hall–Kier alpha value is -1.12. The second kappa shape index (κ2) is 4.60. The number of aromatic nitrogens is 1. The number of rotatable bonds is 1. The third-order valence-corrected chi connectivity index (χ3v) is 3.00. The number of aryl methyl sites for hydroxylation is 1. The van der Waals surface area contributed by atoms with E-state index in [1.165, 1.54) is 7.11 Å². The molecule has 0 bridgehead atoms. The van der Waals surface area contributed by atoms with Gasteiger partial charge in [-0.05, 0) is 22.9 Å². The minimum atomic E-state index is -0.620. The van der Waals surface area contributed by atoms with Gasteiger partial charge in [-0.3, -0.25) is 0 Å². The molecular weight excluding hydrogens is 283 g/mol. The Kier molecular flexibility index (Phi) is 3.66. The van der Waals surface area contributed by atoms with E-state index in [2.05, 4.69) is 25.7 Å². The largest absolute Gasteiger partial charge is 0.465 e. The summed E-state index contributed by atoms with van der Waals surface area (Å²) < 4.78 is 4.99. The molecule has 0 aromatic carbocycles. The highest BCUT2D eigenvalue weighted by molar-refractivity contribution is 9.10. The molecule has 1 rings (SSSR count). The van der Waals surface area contributed by atoms with E-state index in [9.17, 15) is 4.79 Å². The van der Waals surface area contributed by atoms with Crippen LogP contribution in [0.2, 0.25) is 5.15 Å². The second-order valence-corrected chi connectivity index (χ2v) is 3.81. The Bertz CT molecular complexity index is 468. The van der Waals surface area contributed by atoms with Crippen LogP contribution < -0.4 is 0 Å². The molecule has 0 aliphatic heterocycles. The third-order valence-electron chi connectivity index (χ3n) is 1.76. The fourth-order valence-electron chi connectivity index (χ4n) is 1.04. The Morgan fingerprint density at radius 1 is 1.67 bits per heavy atom. The van der Waals surface area contributed by atoms with Crippen molar-refractivity contribution in [1.29, 1.82) is 5.26 Å². The number of pyridine rings is 1. The molecule has 0 amide bonds. The number of ether oxygens (including phenoxy) is 1. The van der Waals surface area contributed by atoms with Crippen molar-refractivity contribution in [3.05, 3.63) is 26.4 Å². The van der Waals surface area contributed by atoms with Crippen LogP contribution in [0.5, 0.6) is 0 Å². The zero-order valence-corrected chi connectivity index (χ0v) is 10.3. The molecule has 1 aromatic heterocycles. The molecule has 0 aliphatic rings. The summed E-state index contributed by atoms with van der Waals surface area (Å²) in [4.78, 5) is 15.3. The van der Waals surface area contributed by atoms with Crippen LogP contribution in [0.1, 0.15) is 21.6 Å². The lowest BCUT2D eigenvalue weighted by atomic mass is 10.1. The highest BCUT2D eigenvalue weighted by atomic mass is 79.9. The average molecular weight is 290 g/mol. The van der Waals surface area contributed by atoms with Crippen molar-refractivity contribution in [2.75, 3.05) is 7.11 Å². The summed E-state index contributed by atoms with van der Waals surface area (Å²) in [7, 11) is 1.24. The van der Waals surface area contributed by atoms with Crippen LogP contribution in [0, 0.1) is 18.3 Å². The number of methoxy groups -OCH3 is 1. The zero-order valence-electron chi connectivity index (χ0n) is 7.97. The number of carbonyl (C=O) groups is 1. The number of hydrogen-bond acceptors (Lipinski definition) is 4. The molecule has 0 N–H and O–H groups in total. The minimum Gasteiger partial charge on any atom is -0.465 e. The van der Waals surface area contributed by atoms with E-state index in [0.29, 0.717) is 10.2 Å². The Morgan fingerprint density at radius 3 is 2.73 bits per heavy atom. The first kappa shape index (κ1) is 12.0. The van der Waals surface area contributed by atoms with Gasteiger partial charge in [0, 0.05) is 0 Å². The topological polar surface area (TPSA) is 63.0 Å². The van der Waals surface area contributed by atoms with Gasteiger partial charge in [0.1, 0.15) is 16.8 Å². The van der Waals surface area contributed by atoms with Crippen molar-refractivity contribution in [1.82, 2.24) is 4.98 Å². The summed E-state index contributed by atoms with van der Waals surface area (Å²) in [6.45, 7) is 1.67. The smallest absolute Gasteiger partial charge is 0.340 e. The van der Waals surface area contributed by atoms with E-state index < -0.39 is 5.97 Å². The monoisotopic (exact) mass is 288 g/mol. The van der Waals surface area contributed by atoms with Gasteiger partial charge >= 0.3 is 5.97 Å². The predicted molar refractivity (Wildman–Crippen MR) is 57.7 cm³/mol. The second-order valence-electron chi connectivity index (χ2n) is 2.66. The van der Waals surface area contributed by atoms with Crippen LogP contribution in [0.15, 0.2) is 4.47 Å². The Labute approximate surface area is 99.9 Å². The molecule has 0 atom stereocenters. The van der Waals surface area contributed by atoms with Gasteiger partial charge < -0.3 is 4.74 Å². The van der Waals surface area contributed by atoms with Gasteiger partial charge in [-0.2, -0.15) is 5.26 Å². The van der Waals surface area contributed by atoms with Gasteiger partial charge in [-0.1, -0.05) is 11.6 Å². The average Bonchev–Trinajstić information content (AvgIpc) is 2.21. The number of esters is 1. The fraction of sp³-hybridized carbons (Fsp3) is 0.222. The maximum Gasteiger partial charge on any atom is 0.340 e. The highest BCUT2D eigenvalue weighted by Crippen LogP contribution is 2.28. The van der Waals surface area contributed by atoms with E-state index in [-0.39, 0.29) is 16.3 Å². The van der Waals surface area contributed by atoms with Crippen LogP contribution in [-0.2, 0) is 4.74 Å². The van der Waals surface area contributed by atoms with Crippen molar-refractivity contribution >= 4 is 33.5 Å². The fourth-order valence-corrected chi connectivity index (χ4v) is 1.75. The van der Waals surface area contributed by atoms with Crippen molar-refractivity contribution in [2.24, 2.45) is 0 Å². The van der Waals surface area contributed by atoms with Crippen molar-refractivity contribution in [2.45, 2.75) is 6.92 Å². The van der Waals surface area contributed by atoms with E-state index >= 15 is 0 Å². The van der Waals surface area contributed by atoms with Gasteiger partial charge in [-0.25, -0.2) is 9.78 Å². The summed E-state index contributed by atoms with van der Waals surface area (Å²) in [5.74, 6) is -0.620. The lowest BCUT2D eigenvalue weighted by molar-refractivity contribution is 0.0599. The lowest BCUT2D eigenvalue weighted by Crippen LogP contribution is -2.08. The summed E-state index contributed by atoms with van der Waals surface area (Å²) in [6.07, 6.45) is 0. The van der Waals surface area contributed by atoms with Crippen LogP contribution in [-0.4, -0.2) is 18.1 Å². The zero-order chi connectivity index (χ0) is 11.6. The molecule has 1 heterocycles. The maximum atomic E-state index is 11.4. The first-order valence-electron chi connectivity index (χ1n) is 3.87. The van der Waals surface area contributed by atoms with E-state index in [1.54, 1.807) is 6.92 Å². The molecule has 0 radical (unpaired) electrons. The van der Waals surface area contributed by atoms with E-state index in [4.69, 9.17) is 16.9 Å². The molecule has 1 aromatic rings. The van der Waals surface area contributed by atoms with E-state index in [0.717, 1.165) is 0 Å². The van der Waals surface area contributed by atoms with Crippen LogP contribution in [0.3, 0.4) is 0 Å². The first-order chi connectivity index (χ1) is 7.02. The first-order valence-corrected chi connectivity index (χ1v) is 5.04. The van der Waals surface area contributed by atoms with Gasteiger partial charge in [-0.15, -0.1) is 0 Å². The summed E-state index contributed by atoms with van der Waals surface area (Å²) >= 11 is 8.92. The maximum absolute atomic E-state index is 11.4. The third kappa shape index (κ3) is 2.11. The lowest BCUT2D eigenvalue weighted by Gasteiger charge is -2.07. The standard InChI is InChI=1S/C9H6BrClN2O2/c1-4-7(10)6(9(14)15-2)5(3-12)8(11)13-4/h1-2H3. The number of halogens is 2. The van der Waals surface area contributed by atoms with Crippen LogP contribution >= 0.6 is 27.5 Å². The molecule has 4 nitrogen and oxygen atoms in total. The van der Waals surface area contributed by atoms with E-state index in [1.807, 2.05) is 6.07 Å². The number of hydrogen-bond donors (Lipinski definition) is 0. The number of carbonyl (C=O) groups excluding carboxylic acids is 1. The SMILES string of the molecule is COC(=O)c1c(Br)c(C)nc(Cl)c1C#N. The Morgan fingerprint density at radius 2 is 2.27 bits per heavy atom. The molecule has 0 saturated carbocycles. The molecule has 0 aliphatic carbocycles. The summed E-state index contributed by atoms with van der Waals surface area (Å²) in [5, 5.41) is 8.85. The quantitative estimate of drug-likeness (QED) is 0.588. The highest BCUT2D eigenvalue weighted by Gasteiger charge is 2.21. The van der Waals surface area contributed by atoms with Crippen LogP contribution in [0.4, 0.5) is 0 Å². The van der Waals surface area contributed by atoms with Crippen LogP contribution in [0.25, 0.3) is 0 Å². The molecule has 15 heavy (non-hydrogen) atoms. The number of nitrogens with zero attached hydrogens (tertiary/aromatic N) is 2. The molecule has 0 spiro atoms. The summed E-state index contributed by atoms with van der Waals surface area (Å²) in [6, 6.07) is 1.82. The van der Waals surface area contributed by atoms with Gasteiger partial charge in [0.25, 0.3) is 0 Å². The van der Waals surface area contributed by atoms with Crippen molar-refractivity contribution in [3.8, 4) is 6.07 Å². The van der Waals surface area contributed by atoms with Crippen molar-refractivity contribution < 1.29 is 9.53 Å². The molecule has 0 saturated heterocycles. The van der Waals surface area contributed by atoms with Gasteiger partial charge in [0.2, 0.25) is 0 Å². The predicted octanol–water partition coefficient (Wildman–Crippen LogP) is 2.46. The minimum absolute atomic E-state index is 0.00130.